The van der Waals surface area contributed by atoms with Crippen LogP contribution in [0.2, 0.25) is 4.34 Å². The summed E-state index contributed by atoms with van der Waals surface area (Å²) in [4.78, 5) is 17.9. The number of anilines is 1. The Labute approximate surface area is 144 Å². The third-order valence-corrected chi connectivity index (χ3v) is 5.55. The van der Waals surface area contributed by atoms with Gasteiger partial charge in [-0.1, -0.05) is 11.6 Å². The van der Waals surface area contributed by atoms with Crippen LogP contribution in [0.15, 0.2) is 12.1 Å². The predicted molar refractivity (Wildman–Crippen MR) is 92.2 cm³/mol. The van der Waals surface area contributed by atoms with E-state index in [1.807, 2.05) is 19.1 Å². The Bertz CT molecular complexity index is 692. The maximum absolute atomic E-state index is 12.4. The molecule has 2 aromatic rings. The van der Waals surface area contributed by atoms with Gasteiger partial charge in [-0.25, -0.2) is 4.68 Å². The predicted octanol–water partition coefficient (Wildman–Crippen LogP) is 2.74. The Morgan fingerprint density at radius 2 is 2.22 bits per heavy atom. The molecule has 1 unspecified atom stereocenters. The molecule has 1 atom stereocenters. The smallest absolute Gasteiger partial charge is 0.234 e. The highest BCUT2D eigenvalue weighted by atomic mass is 35.5. The molecule has 23 heavy (non-hydrogen) atoms. The zero-order chi connectivity index (χ0) is 16.4. The Kier molecular flexibility index (Phi) is 4.99. The standard InChI is InChI=1S/C15H20ClN5OS/c1-9(11-3-4-12(16)23-11)14(22)19-15-18-13(20-21(15)2)10-5-7-17-8-6-10/h3-4,9-10,17H,5-8H2,1-2H3,(H,18,19,20,22). The summed E-state index contributed by atoms with van der Waals surface area (Å²) in [7, 11) is 1.81. The number of piperidine rings is 1. The molecule has 0 aliphatic carbocycles. The van der Waals surface area contributed by atoms with Gasteiger partial charge < -0.3 is 5.32 Å². The molecule has 1 amide bonds. The number of carbonyl (C=O) groups excluding carboxylic acids is 1. The molecule has 8 heteroatoms. The minimum Gasteiger partial charge on any atom is -0.317 e. The molecule has 2 N–H and O–H groups in total. The fraction of sp³-hybridized carbons (Fsp3) is 0.533. The molecule has 1 fully saturated rings. The van der Waals surface area contributed by atoms with E-state index in [1.165, 1.54) is 11.3 Å². The number of carbonyl (C=O) groups is 1. The van der Waals surface area contributed by atoms with Crippen LogP contribution < -0.4 is 10.6 Å². The lowest BCUT2D eigenvalue weighted by Gasteiger charge is -2.19. The van der Waals surface area contributed by atoms with Gasteiger partial charge in [-0.3, -0.25) is 10.1 Å². The van der Waals surface area contributed by atoms with Gasteiger partial charge in [0.1, 0.15) is 0 Å². The van der Waals surface area contributed by atoms with Gasteiger partial charge in [0.05, 0.1) is 10.3 Å². The van der Waals surface area contributed by atoms with E-state index in [0.29, 0.717) is 16.2 Å². The fourth-order valence-corrected chi connectivity index (χ4v) is 3.79. The third-order valence-electron chi connectivity index (χ3n) is 4.13. The first-order valence-corrected chi connectivity index (χ1v) is 8.92. The quantitative estimate of drug-likeness (QED) is 0.886. The normalized spacial score (nSPS) is 17.2. The lowest BCUT2D eigenvalue weighted by atomic mass is 9.98. The van der Waals surface area contributed by atoms with E-state index in [2.05, 4.69) is 20.7 Å². The van der Waals surface area contributed by atoms with Crippen molar-refractivity contribution in [1.29, 1.82) is 0 Å². The van der Waals surface area contributed by atoms with Gasteiger partial charge in [0, 0.05) is 17.8 Å². The Morgan fingerprint density at radius 1 is 1.48 bits per heavy atom. The number of amides is 1. The van der Waals surface area contributed by atoms with E-state index in [0.717, 1.165) is 36.6 Å². The lowest BCUT2D eigenvalue weighted by molar-refractivity contribution is -0.117. The monoisotopic (exact) mass is 353 g/mol. The first kappa shape index (κ1) is 16.4. The second-order valence-electron chi connectivity index (χ2n) is 5.79. The number of halogens is 1. The lowest BCUT2D eigenvalue weighted by Crippen LogP contribution is -2.27. The molecule has 0 radical (unpaired) electrons. The Hall–Kier alpha value is -1.44. The molecule has 1 aliphatic rings. The van der Waals surface area contributed by atoms with E-state index >= 15 is 0 Å². The van der Waals surface area contributed by atoms with Crippen molar-refractivity contribution in [3.8, 4) is 0 Å². The molecular weight excluding hydrogens is 334 g/mol. The molecule has 0 spiro atoms. The number of thiophene rings is 1. The Morgan fingerprint density at radius 3 is 2.87 bits per heavy atom. The molecule has 0 aromatic carbocycles. The van der Waals surface area contributed by atoms with Gasteiger partial charge in [0.2, 0.25) is 11.9 Å². The molecule has 3 heterocycles. The maximum atomic E-state index is 12.4. The van der Waals surface area contributed by atoms with Crippen molar-refractivity contribution in [1.82, 2.24) is 20.1 Å². The van der Waals surface area contributed by atoms with Gasteiger partial charge in [0.25, 0.3) is 0 Å². The van der Waals surface area contributed by atoms with Gasteiger partial charge in [0.15, 0.2) is 5.82 Å². The second-order valence-corrected chi connectivity index (χ2v) is 7.54. The largest absolute Gasteiger partial charge is 0.317 e. The van der Waals surface area contributed by atoms with Gasteiger partial charge >= 0.3 is 0 Å². The van der Waals surface area contributed by atoms with Crippen molar-refractivity contribution in [2.24, 2.45) is 7.05 Å². The van der Waals surface area contributed by atoms with Crippen molar-refractivity contribution in [2.75, 3.05) is 18.4 Å². The van der Waals surface area contributed by atoms with Gasteiger partial charge in [-0.2, -0.15) is 10.1 Å². The zero-order valence-electron chi connectivity index (χ0n) is 13.2. The van der Waals surface area contributed by atoms with E-state index in [9.17, 15) is 4.79 Å². The van der Waals surface area contributed by atoms with E-state index in [1.54, 1.807) is 11.7 Å². The van der Waals surface area contributed by atoms with Crippen molar-refractivity contribution >= 4 is 34.8 Å². The summed E-state index contributed by atoms with van der Waals surface area (Å²) in [5.74, 6) is 1.30. The molecular formula is C15H20ClN5OS. The van der Waals surface area contributed by atoms with Crippen molar-refractivity contribution in [3.05, 3.63) is 27.2 Å². The summed E-state index contributed by atoms with van der Waals surface area (Å²) in [5, 5.41) is 10.7. The maximum Gasteiger partial charge on any atom is 0.234 e. The number of aromatic nitrogens is 3. The summed E-state index contributed by atoms with van der Waals surface area (Å²) in [5.41, 5.74) is 0. The van der Waals surface area contributed by atoms with Gasteiger partial charge in [-0.15, -0.1) is 11.3 Å². The van der Waals surface area contributed by atoms with Gasteiger partial charge in [-0.05, 0) is 45.0 Å². The summed E-state index contributed by atoms with van der Waals surface area (Å²) in [6.07, 6.45) is 2.06. The first-order valence-electron chi connectivity index (χ1n) is 7.72. The minimum atomic E-state index is -0.272. The molecule has 2 aromatic heterocycles. The number of aryl methyl sites for hydroxylation is 1. The topological polar surface area (TPSA) is 71.8 Å². The summed E-state index contributed by atoms with van der Waals surface area (Å²) in [6.45, 7) is 3.84. The number of hydrogen-bond donors (Lipinski definition) is 2. The highest BCUT2D eigenvalue weighted by molar-refractivity contribution is 7.16. The van der Waals surface area contributed by atoms with Crippen molar-refractivity contribution < 1.29 is 4.79 Å². The minimum absolute atomic E-state index is 0.101. The highest BCUT2D eigenvalue weighted by Gasteiger charge is 2.23. The molecule has 0 saturated carbocycles. The van der Waals surface area contributed by atoms with E-state index in [4.69, 9.17) is 11.6 Å². The zero-order valence-corrected chi connectivity index (χ0v) is 14.7. The van der Waals surface area contributed by atoms with Crippen LogP contribution >= 0.6 is 22.9 Å². The average Bonchev–Trinajstić information content (AvgIpc) is 3.14. The fourth-order valence-electron chi connectivity index (χ4n) is 2.67. The van der Waals surface area contributed by atoms with Crippen LogP contribution in [0.5, 0.6) is 0 Å². The number of nitrogens with one attached hydrogen (secondary N) is 2. The molecule has 6 nitrogen and oxygen atoms in total. The number of nitrogens with zero attached hydrogens (tertiary/aromatic N) is 3. The summed E-state index contributed by atoms with van der Waals surface area (Å²) in [6, 6.07) is 3.69. The van der Waals surface area contributed by atoms with Crippen LogP contribution in [0.4, 0.5) is 5.95 Å². The third kappa shape index (κ3) is 3.73. The van der Waals surface area contributed by atoms with Crippen molar-refractivity contribution in [2.45, 2.75) is 31.6 Å². The summed E-state index contributed by atoms with van der Waals surface area (Å²) >= 11 is 7.36. The molecule has 124 valence electrons. The molecule has 1 saturated heterocycles. The average molecular weight is 354 g/mol. The van der Waals surface area contributed by atoms with E-state index < -0.39 is 0 Å². The Balaban J connectivity index is 1.69. The van der Waals surface area contributed by atoms with E-state index in [-0.39, 0.29) is 11.8 Å². The second kappa shape index (κ2) is 6.98. The van der Waals surface area contributed by atoms with Crippen LogP contribution in [-0.4, -0.2) is 33.8 Å². The number of rotatable bonds is 4. The molecule has 1 aliphatic heterocycles. The molecule has 3 rings (SSSR count). The first-order chi connectivity index (χ1) is 11.0. The highest BCUT2D eigenvalue weighted by Crippen LogP contribution is 2.29. The van der Waals surface area contributed by atoms with Crippen LogP contribution in [-0.2, 0) is 11.8 Å². The molecule has 0 bridgehead atoms. The number of hydrogen-bond acceptors (Lipinski definition) is 5. The van der Waals surface area contributed by atoms with Crippen LogP contribution in [0.3, 0.4) is 0 Å². The van der Waals surface area contributed by atoms with Crippen molar-refractivity contribution in [3.63, 3.8) is 0 Å². The van der Waals surface area contributed by atoms with Crippen LogP contribution in [0, 0.1) is 0 Å². The van der Waals surface area contributed by atoms with Crippen LogP contribution in [0.25, 0.3) is 0 Å². The van der Waals surface area contributed by atoms with Crippen LogP contribution in [0.1, 0.15) is 42.3 Å². The summed E-state index contributed by atoms with van der Waals surface area (Å²) < 4.78 is 2.33. The SMILES string of the molecule is CC(C(=O)Nc1nc(C2CCNCC2)nn1C)c1ccc(Cl)s1.